The third-order valence-electron chi connectivity index (χ3n) is 9.69. The van der Waals surface area contributed by atoms with E-state index in [0.29, 0.717) is 24.8 Å². The van der Waals surface area contributed by atoms with Crippen LogP contribution in [0.2, 0.25) is 0 Å². The van der Waals surface area contributed by atoms with Crippen LogP contribution in [0, 0.1) is 28.6 Å². The molecule has 0 aromatic carbocycles. The van der Waals surface area contributed by atoms with Crippen molar-refractivity contribution in [2.45, 2.75) is 63.8 Å². The number of carbonyl (C=O) groups excluding carboxylic acids is 3. The van der Waals surface area contributed by atoms with Crippen molar-refractivity contribution < 1.29 is 33.0 Å². The number of hydrogen-bond donors (Lipinski definition) is 1. The minimum Gasteiger partial charge on any atom is -0.457 e. The lowest BCUT2D eigenvalue weighted by molar-refractivity contribution is -0.218. The number of ketones is 2. The first-order valence-electron chi connectivity index (χ1n) is 12.1. The van der Waals surface area contributed by atoms with Gasteiger partial charge in [0.2, 0.25) is 5.76 Å². The molecule has 4 aliphatic carbocycles. The lowest BCUT2D eigenvalue weighted by atomic mass is 9.44. The Balaban J connectivity index is 1.61. The predicted octanol–water partition coefficient (Wildman–Crippen LogP) is 4.60. The Labute approximate surface area is 208 Å². The summed E-state index contributed by atoms with van der Waals surface area (Å²) in [5.41, 5.74) is -5.18. The average molecular weight is 505 g/mol. The summed E-state index contributed by atoms with van der Waals surface area (Å²) in [6, 6.07) is 3.00. The van der Waals surface area contributed by atoms with Gasteiger partial charge in [0.05, 0.1) is 18.2 Å². The van der Waals surface area contributed by atoms with Gasteiger partial charge >= 0.3 is 5.97 Å². The van der Waals surface area contributed by atoms with Gasteiger partial charge in [-0.1, -0.05) is 25.5 Å². The Morgan fingerprint density at radius 1 is 1.31 bits per heavy atom. The number of hydrogen-bond acceptors (Lipinski definition) is 6. The van der Waals surface area contributed by atoms with E-state index in [1.165, 1.54) is 24.5 Å². The van der Waals surface area contributed by atoms with Gasteiger partial charge in [0, 0.05) is 22.7 Å². The molecule has 1 aromatic rings. The smallest absolute Gasteiger partial charge is 0.375 e. The first-order valence-corrected chi connectivity index (χ1v) is 12.7. The minimum absolute atomic E-state index is 0.0424. The number of halogens is 2. The Bertz CT molecular complexity index is 1140. The summed E-state index contributed by atoms with van der Waals surface area (Å²) >= 11 is 6.07. The Hall–Kier alpha value is -2.25. The molecular weight excluding hydrogens is 475 g/mol. The quantitative estimate of drug-likeness (QED) is 0.476. The number of Topliss-reactive ketones (excluding diaryl/α,β-unsaturated/α-hetero) is 1. The molecule has 0 amide bonds. The second-order valence-corrected chi connectivity index (χ2v) is 11.3. The number of aliphatic hydroxyl groups is 1. The molecule has 0 spiro atoms. The lowest BCUT2D eigenvalue weighted by Crippen LogP contribution is -2.70. The number of allylic oxidation sites excluding steroid dienone is 4. The highest BCUT2D eigenvalue weighted by Gasteiger charge is 2.77. The van der Waals surface area contributed by atoms with Crippen LogP contribution in [0.4, 0.5) is 4.39 Å². The summed E-state index contributed by atoms with van der Waals surface area (Å²) in [4.78, 5) is 38.6. The highest BCUT2D eigenvalue weighted by molar-refractivity contribution is 6.29. The zero-order valence-corrected chi connectivity index (χ0v) is 20.8. The van der Waals surface area contributed by atoms with E-state index in [0.717, 1.165) is 0 Å². The van der Waals surface area contributed by atoms with Gasteiger partial charge in [-0.05, 0) is 62.8 Å². The Kier molecular flexibility index (Phi) is 5.50. The summed E-state index contributed by atoms with van der Waals surface area (Å²) in [5, 5.41) is 11.5. The van der Waals surface area contributed by atoms with E-state index in [1.807, 2.05) is 13.8 Å². The van der Waals surface area contributed by atoms with E-state index in [2.05, 4.69) is 0 Å². The first-order chi connectivity index (χ1) is 16.5. The molecule has 5 unspecified atom stereocenters. The molecule has 1 N–H and O–H groups in total. The summed E-state index contributed by atoms with van der Waals surface area (Å²) in [7, 11) is 0. The van der Waals surface area contributed by atoms with Crippen molar-refractivity contribution in [1.29, 1.82) is 0 Å². The van der Waals surface area contributed by atoms with Crippen LogP contribution in [0.15, 0.2) is 46.6 Å². The monoisotopic (exact) mass is 504 g/mol. The molecule has 3 fully saturated rings. The molecular formula is C27H30ClFO6. The van der Waals surface area contributed by atoms with E-state index in [-0.39, 0.29) is 29.8 Å². The van der Waals surface area contributed by atoms with Gasteiger partial charge in [-0.25, -0.2) is 9.18 Å². The summed E-state index contributed by atoms with van der Waals surface area (Å²) < 4.78 is 28.5. The zero-order valence-electron chi connectivity index (χ0n) is 20.1. The van der Waals surface area contributed by atoms with Crippen molar-refractivity contribution in [3.63, 3.8) is 0 Å². The molecule has 5 rings (SSSR count). The molecule has 8 atom stereocenters. The van der Waals surface area contributed by atoms with Crippen LogP contribution >= 0.6 is 11.6 Å². The number of rotatable bonds is 4. The fraction of sp³-hybridized carbons (Fsp3) is 0.593. The standard InChI is InChI=1S/C27H30ClFO6/c1-15-11-19-18-7-6-16-12-17(30)8-9-24(16,2)26(18,29)21(31)13-25(19,3)27(15,22(32)14-28)35-23(33)20-5-4-10-34-20/h4-5,8-10,12,15,18-19,21,31H,6-7,11,13-14H2,1-3H3/t15-,18?,19?,21?,24?,25?,26+,27+/m1/s1. The van der Waals surface area contributed by atoms with E-state index >= 15 is 4.39 Å². The van der Waals surface area contributed by atoms with Gasteiger partial charge in [0.1, 0.15) is 0 Å². The molecule has 0 bridgehead atoms. The van der Waals surface area contributed by atoms with Crippen LogP contribution in [-0.2, 0) is 14.3 Å². The van der Waals surface area contributed by atoms with Crippen LogP contribution in [0.3, 0.4) is 0 Å². The van der Waals surface area contributed by atoms with Crippen LogP contribution in [0.1, 0.15) is 57.0 Å². The number of furan rings is 1. The maximum Gasteiger partial charge on any atom is 0.375 e. The normalized spacial score (nSPS) is 44.2. The molecule has 0 saturated heterocycles. The van der Waals surface area contributed by atoms with Gasteiger partial charge in [-0.3, -0.25) is 9.59 Å². The molecule has 4 aliphatic rings. The fourth-order valence-electron chi connectivity index (χ4n) is 8.09. The van der Waals surface area contributed by atoms with Gasteiger partial charge < -0.3 is 14.3 Å². The average Bonchev–Trinajstić information content (AvgIpc) is 3.42. The first kappa shape index (κ1) is 24.4. The summed E-state index contributed by atoms with van der Waals surface area (Å²) in [6.45, 7) is 5.38. The molecule has 35 heavy (non-hydrogen) atoms. The highest BCUT2D eigenvalue weighted by Crippen LogP contribution is 2.71. The van der Waals surface area contributed by atoms with Crippen molar-refractivity contribution >= 4 is 29.1 Å². The van der Waals surface area contributed by atoms with Gasteiger partial charge in [-0.2, -0.15) is 0 Å². The SMILES string of the molecule is C[C@@H]1CC2C3CCC4=CC(=O)C=CC4(C)[C@@]3(F)C(O)CC2(C)[C@@]1(OC(=O)c1ccco1)C(=O)CCl. The minimum atomic E-state index is -2.04. The van der Waals surface area contributed by atoms with Gasteiger partial charge in [0.15, 0.2) is 22.8 Å². The van der Waals surface area contributed by atoms with Crippen LogP contribution in [-0.4, -0.2) is 45.9 Å². The third-order valence-corrected chi connectivity index (χ3v) is 9.94. The number of esters is 1. The Morgan fingerprint density at radius 3 is 2.71 bits per heavy atom. The molecule has 0 aliphatic heterocycles. The maximum atomic E-state index is 17.3. The highest BCUT2D eigenvalue weighted by atomic mass is 35.5. The largest absolute Gasteiger partial charge is 0.457 e. The van der Waals surface area contributed by atoms with Crippen molar-refractivity contribution in [3.8, 4) is 0 Å². The molecule has 8 heteroatoms. The number of fused-ring (bicyclic) bond motifs is 5. The van der Waals surface area contributed by atoms with Crippen molar-refractivity contribution in [2.75, 3.05) is 5.88 Å². The molecule has 6 nitrogen and oxygen atoms in total. The number of carbonyl (C=O) groups is 3. The van der Waals surface area contributed by atoms with Gasteiger partial charge in [0.25, 0.3) is 0 Å². The second-order valence-electron chi connectivity index (χ2n) is 11.1. The van der Waals surface area contributed by atoms with Crippen LogP contribution in [0.25, 0.3) is 0 Å². The van der Waals surface area contributed by atoms with E-state index in [1.54, 1.807) is 19.1 Å². The number of alkyl halides is 2. The summed E-state index contributed by atoms with van der Waals surface area (Å²) in [5.74, 6) is -3.26. The van der Waals surface area contributed by atoms with Crippen molar-refractivity contribution in [3.05, 3.63) is 48.0 Å². The Morgan fingerprint density at radius 2 is 2.06 bits per heavy atom. The predicted molar refractivity (Wildman–Crippen MR) is 125 cm³/mol. The maximum absolute atomic E-state index is 17.3. The van der Waals surface area contributed by atoms with Crippen molar-refractivity contribution in [1.82, 2.24) is 0 Å². The van der Waals surface area contributed by atoms with Crippen molar-refractivity contribution in [2.24, 2.45) is 28.6 Å². The molecule has 3 saturated carbocycles. The second kappa shape index (κ2) is 7.87. The van der Waals surface area contributed by atoms with E-state index < -0.39 is 51.8 Å². The lowest BCUT2D eigenvalue weighted by Gasteiger charge is -2.62. The van der Waals surface area contributed by atoms with E-state index in [4.69, 9.17) is 20.8 Å². The van der Waals surface area contributed by atoms with Gasteiger partial charge in [-0.15, -0.1) is 11.6 Å². The summed E-state index contributed by atoms with van der Waals surface area (Å²) in [6.07, 6.45) is 5.62. The molecule has 1 aromatic heterocycles. The zero-order chi connectivity index (χ0) is 25.4. The fourth-order valence-corrected chi connectivity index (χ4v) is 8.29. The van der Waals surface area contributed by atoms with Crippen LogP contribution < -0.4 is 0 Å². The molecule has 0 radical (unpaired) electrons. The van der Waals surface area contributed by atoms with E-state index in [9.17, 15) is 19.5 Å². The number of ether oxygens (including phenoxy) is 1. The molecule has 188 valence electrons. The number of aliphatic hydroxyl groups excluding tert-OH is 1. The van der Waals surface area contributed by atoms with Crippen LogP contribution in [0.5, 0.6) is 0 Å². The molecule has 1 heterocycles. The third kappa shape index (κ3) is 2.94. The topological polar surface area (TPSA) is 93.8 Å².